The molecule has 2 heterocycles. The van der Waals surface area contributed by atoms with Crippen LogP contribution in [0.25, 0.3) is 0 Å². The lowest BCUT2D eigenvalue weighted by atomic mass is 9.91. The van der Waals surface area contributed by atoms with Crippen molar-refractivity contribution < 1.29 is 18.6 Å². The molecule has 0 saturated carbocycles. The fourth-order valence-corrected chi connectivity index (χ4v) is 4.30. The molecule has 27 heavy (non-hydrogen) atoms. The molecular weight excluding hydrogens is 368 g/mol. The normalized spacial score (nSPS) is 22.9. The summed E-state index contributed by atoms with van der Waals surface area (Å²) in [7, 11) is -3.32. The van der Waals surface area contributed by atoms with Crippen molar-refractivity contribution in [1.82, 2.24) is 4.90 Å². The van der Waals surface area contributed by atoms with Crippen molar-refractivity contribution in [3.05, 3.63) is 23.8 Å². The Kier molecular flexibility index (Phi) is 5.29. The van der Waals surface area contributed by atoms with Gasteiger partial charge in [0.2, 0.25) is 5.91 Å². The zero-order chi connectivity index (χ0) is 19.8. The van der Waals surface area contributed by atoms with E-state index < -0.39 is 11.0 Å². The number of benzene rings is 1. The highest BCUT2D eigenvalue weighted by molar-refractivity contribution is 8.24. The molecule has 0 spiro atoms. The average molecular weight is 397 g/mol. The van der Waals surface area contributed by atoms with Gasteiger partial charge in [0.1, 0.15) is 5.75 Å². The summed E-state index contributed by atoms with van der Waals surface area (Å²) in [5, 5.41) is 0. The second-order valence-corrected chi connectivity index (χ2v) is 9.52. The molecule has 0 aliphatic carbocycles. The Morgan fingerprint density at radius 3 is 2.89 bits per heavy atom. The zero-order valence-electron chi connectivity index (χ0n) is 15.9. The van der Waals surface area contributed by atoms with Crippen LogP contribution in [0, 0.1) is 11.3 Å². The monoisotopic (exact) mass is 396 g/mol. The summed E-state index contributed by atoms with van der Waals surface area (Å²) in [6.45, 7) is 7.72. The molecule has 1 aromatic carbocycles. The third-order valence-corrected chi connectivity index (χ3v) is 5.62. The Balaban J connectivity index is 1.69. The van der Waals surface area contributed by atoms with E-state index >= 15 is 0 Å². The van der Waals surface area contributed by atoms with E-state index in [0.29, 0.717) is 30.2 Å². The van der Waals surface area contributed by atoms with Crippen LogP contribution < -0.4 is 15.2 Å². The number of hydrogen-bond acceptors (Lipinski definition) is 7. The van der Waals surface area contributed by atoms with E-state index in [0.717, 1.165) is 19.4 Å². The van der Waals surface area contributed by atoms with Crippen LogP contribution in [-0.2, 0) is 4.79 Å². The smallest absolute Gasteiger partial charge is 0.227 e. The van der Waals surface area contributed by atoms with E-state index in [1.807, 2.05) is 25.7 Å². The lowest BCUT2D eigenvalue weighted by Crippen LogP contribution is -2.46. The van der Waals surface area contributed by atoms with Gasteiger partial charge in [-0.1, -0.05) is 26.8 Å². The molecule has 1 unspecified atom stereocenters. The number of ether oxygens (including phenoxy) is 1. The van der Waals surface area contributed by atoms with Crippen LogP contribution in [0.1, 0.15) is 39.2 Å². The average Bonchev–Trinajstić information content (AvgIpc) is 2.57. The summed E-state index contributed by atoms with van der Waals surface area (Å²) < 4.78 is 31.8. The van der Waals surface area contributed by atoms with Gasteiger partial charge >= 0.3 is 0 Å². The van der Waals surface area contributed by atoms with Crippen LogP contribution in [0.5, 0.6) is 5.75 Å². The first-order chi connectivity index (χ1) is 12.6. The summed E-state index contributed by atoms with van der Waals surface area (Å²) in [5.74, 6) is 0.967. The molecule has 150 valence electrons. The Labute approximate surface area is 161 Å². The van der Waals surface area contributed by atoms with Gasteiger partial charge in [-0.05, 0) is 35.9 Å². The third-order valence-electron chi connectivity index (χ3n) is 4.68. The number of anilines is 1. The molecule has 2 aliphatic rings. The molecule has 9 heteroatoms. The molecule has 2 aliphatic heterocycles. The van der Waals surface area contributed by atoms with Crippen LogP contribution in [0.15, 0.2) is 22.6 Å². The first-order valence-corrected chi connectivity index (χ1v) is 10.5. The molecule has 8 nitrogen and oxygen atoms in total. The second-order valence-electron chi connectivity index (χ2n) is 8.10. The van der Waals surface area contributed by atoms with Crippen LogP contribution >= 0.6 is 11.0 Å². The number of likely N-dealkylation sites (tertiary alicyclic amines) is 1. The highest BCUT2D eigenvalue weighted by atomic mass is 32.3. The number of amidine groups is 1. The topological polar surface area (TPSA) is 120 Å². The van der Waals surface area contributed by atoms with E-state index in [9.17, 15) is 13.9 Å². The Morgan fingerprint density at radius 1 is 1.44 bits per heavy atom. The van der Waals surface area contributed by atoms with Gasteiger partial charge in [0.05, 0.1) is 17.9 Å². The molecule has 1 atom stereocenters. The minimum absolute atomic E-state index is 0.0348. The van der Waals surface area contributed by atoms with Crippen LogP contribution in [-0.4, -0.2) is 45.4 Å². The van der Waals surface area contributed by atoms with E-state index in [2.05, 4.69) is 9.12 Å². The van der Waals surface area contributed by atoms with Crippen molar-refractivity contribution in [2.75, 3.05) is 24.4 Å². The van der Waals surface area contributed by atoms with Crippen LogP contribution in [0.4, 0.5) is 5.69 Å². The van der Waals surface area contributed by atoms with Gasteiger partial charge in [-0.2, -0.15) is 0 Å². The number of nitrogens with one attached hydrogen (secondary N) is 1. The van der Waals surface area contributed by atoms with E-state index in [4.69, 9.17) is 10.5 Å². The molecule has 1 amide bonds. The Morgan fingerprint density at radius 2 is 2.19 bits per heavy atom. The fourth-order valence-electron chi connectivity index (χ4n) is 3.42. The summed E-state index contributed by atoms with van der Waals surface area (Å²) in [6, 6.07) is 5.23. The van der Waals surface area contributed by atoms with Crippen LogP contribution in [0.2, 0.25) is 0 Å². The largest absolute Gasteiger partial charge is 0.492 e. The van der Waals surface area contributed by atoms with Crippen molar-refractivity contribution in [1.29, 1.82) is 0 Å². The first kappa shape index (κ1) is 19.8. The van der Waals surface area contributed by atoms with Gasteiger partial charge in [-0.25, -0.2) is 0 Å². The molecule has 0 bridgehead atoms. The summed E-state index contributed by atoms with van der Waals surface area (Å²) >= 11 is 0. The quantitative estimate of drug-likeness (QED) is 0.623. The van der Waals surface area contributed by atoms with Gasteiger partial charge in [0, 0.05) is 24.4 Å². The number of piperidine rings is 1. The summed E-state index contributed by atoms with van der Waals surface area (Å²) in [6.07, 6.45) is 1.94. The van der Waals surface area contributed by atoms with Gasteiger partial charge in [-0.3, -0.25) is 18.6 Å². The lowest BCUT2D eigenvalue weighted by molar-refractivity contribution is -0.141. The highest BCUT2D eigenvalue weighted by Crippen LogP contribution is 2.46. The molecule has 5 N–H and O–H groups in total. The van der Waals surface area contributed by atoms with E-state index in [1.54, 1.807) is 18.2 Å². The maximum Gasteiger partial charge on any atom is 0.227 e. The van der Waals surface area contributed by atoms with E-state index in [-0.39, 0.29) is 23.1 Å². The van der Waals surface area contributed by atoms with E-state index in [1.165, 1.54) is 0 Å². The Bertz CT molecular complexity index is 760. The van der Waals surface area contributed by atoms with Crippen molar-refractivity contribution in [3.8, 4) is 5.75 Å². The van der Waals surface area contributed by atoms with Gasteiger partial charge < -0.3 is 15.4 Å². The molecule has 1 fully saturated rings. The number of carbonyl (C=O) groups excluding carboxylic acids is 1. The van der Waals surface area contributed by atoms with Crippen molar-refractivity contribution in [2.24, 2.45) is 21.5 Å². The van der Waals surface area contributed by atoms with Crippen molar-refractivity contribution >= 4 is 28.4 Å². The maximum absolute atomic E-state index is 12.5. The predicted octanol–water partition coefficient (Wildman–Crippen LogP) is 3.06. The van der Waals surface area contributed by atoms with Crippen molar-refractivity contribution in [2.45, 2.75) is 33.6 Å². The maximum atomic E-state index is 12.5. The predicted molar refractivity (Wildman–Crippen MR) is 108 cm³/mol. The third kappa shape index (κ3) is 4.48. The number of nitrogens with two attached hydrogens (primary N) is 1. The number of carbonyl (C=O) groups is 1. The fraction of sp³-hybridized carbons (Fsp3) is 0.556. The Hall–Kier alpha value is -1.97. The molecule has 0 aromatic heterocycles. The summed E-state index contributed by atoms with van der Waals surface area (Å²) in [5.41, 5.74) is 6.54. The van der Waals surface area contributed by atoms with Gasteiger partial charge in [-0.15, -0.1) is 4.40 Å². The minimum Gasteiger partial charge on any atom is -0.492 e. The number of rotatable bonds is 3. The number of fused-ring (bicyclic) bond motifs is 1. The number of hydrogen-bond donors (Lipinski definition) is 4. The van der Waals surface area contributed by atoms with Gasteiger partial charge in [0.25, 0.3) is 0 Å². The minimum atomic E-state index is -3.32. The highest BCUT2D eigenvalue weighted by Gasteiger charge is 2.31. The van der Waals surface area contributed by atoms with Crippen LogP contribution in [0.3, 0.4) is 0 Å². The van der Waals surface area contributed by atoms with Crippen molar-refractivity contribution in [3.63, 3.8) is 0 Å². The van der Waals surface area contributed by atoms with Gasteiger partial charge in [0.15, 0.2) is 5.84 Å². The lowest BCUT2D eigenvalue weighted by Gasteiger charge is -2.36. The summed E-state index contributed by atoms with van der Waals surface area (Å²) in [4.78, 5) is 14.5. The molecule has 1 saturated heterocycles. The molecule has 1 aromatic rings. The molecule has 0 radical (unpaired) electrons. The molecular formula is C18H28N4O4S. The number of amides is 1. The molecule has 3 rings (SSSR count). The number of nitrogens with zero attached hydrogens (tertiary/aromatic N) is 2. The SMILES string of the molecule is CC(C)(C)C(=O)N1CCCC(COc2cccc3c2C(N)=NS(O)(O)N3)C1. The standard InChI is InChI=1S/C18H28N4O4S/c1-18(2,3)17(23)22-9-5-6-12(10-22)11-26-14-8-4-7-13-15(14)16(19)21-27(24,25)20-13/h4,7-8,12,20,24-25H,5-6,9-11H2,1-3H3,(H2,19,21). The zero-order valence-corrected chi connectivity index (χ0v) is 16.8. The first-order valence-electron chi connectivity index (χ1n) is 9.04. The second kappa shape index (κ2) is 7.21.